The van der Waals surface area contributed by atoms with Crippen LogP contribution in [0.5, 0.6) is 0 Å². The third kappa shape index (κ3) is 5.13. The SMILES string of the molecule is CCOC(=O)/C=C/C(=O)Nc1cccc(NC(=O)c2ccco2)c1. The van der Waals surface area contributed by atoms with E-state index in [4.69, 9.17) is 4.42 Å². The van der Waals surface area contributed by atoms with Gasteiger partial charge in [-0.05, 0) is 37.3 Å². The molecule has 124 valence electrons. The molecule has 1 heterocycles. The van der Waals surface area contributed by atoms with Crippen LogP contribution in [0.2, 0.25) is 0 Å². The van der Waals surface area contributed by atoms with Gasteiger partial charge in [0.2, 0.25) is 5.91 Å². The topological polar surface area (TPSA) is 97.6 Å². The molecule has 24 heavy (non-hydrogen) atoms. The van der Waals surface area contributed by atoms with Crippen LogP contribution in [0.4, 0.5) is 11.4 Å². The first kappa shape index (κ1) is 17.0. The van der Waals surface area contributed by atoms with Crippen LogP contribution in [-0.4, -0.2) is 24.4 Å². The Hall–Kier alpha value is -3.35. The monoisotopic (exact) mass is 328 g/mol. The van der Waals surface area contributed by atoms with Gasteiger partial charge in [-0.1, -0.05) is 6.07 Å². The number of rotatable bonds is 6. The smallest absolute Gasteiger partial charge is 0.330 e. The molecule has 0 fully saturated rings. The molecular weight excluding hydrogens is 312 g/mol. The van der Waals surface area contributed by atoms with Gasteiger partial charge < -0.3 is 19.8 Å². The lowest BCUT2D eigenvalue weighted by Crippen LogP contribution is -2.12. The number of hydrogen-bond acceptors (Lipinski definition) is 5. The molecule has 2 N–H and O–H groups in total. The maximum Gasteiger partial charge on any atom is 0.330 e. The van der Waals surface area contributed by atoms with E-state index in [9.17, 15) is 14.4 Å². The van der Waals surface area contributed by atoms with Crippen LogP contribution in [0.25, 0.3) is 0 Å². The quantitative estimate of drug-likeness (QED) is 0.627. The Morgan fingerprint density at radius 2 is 1.83 bits per heavy atom. The van der Waals surface area contributed by atoms with Gasteiger partial charge in [-0.3, -0.25) is 9.59 Å². The molecule has 0 aliphatic rings. The molecule has 7 nitrogen and oxygen atoms in total. The summed E-state index contributed by atoms with van der Waals surface area (Å²) in [5, 5.41) is 5.23. The largest absolute Gasteiger partial charge is 0.463 e. The Bertz CT molecular complexity index is 750. The third-order valence-corrected chi connectivity index (χ3v) is 2.79. The van der Waals surface area contributed by atoms with Crippen molar-refractivity contribution in [3.8, 4) is 0 Å². The second-order valence-corrected chi connectivity index (χ2v) is 4.59. The minimum absolute atomic E-state index is 0.182. The van der Waals surface area contributed by atoms with Gasteiger partial charge in [-0.2, -0.15) is 0 Å². The van der Waals surface area contributed by atoms with Crippen LogP contribution in [-0.2, 0) is 14.3 Å². The Morgan fingerprint density at radius 3 is 2.50 bits per heavy atom. The fourth-order valence-electron chi connectivity index (χ4n) is 1.79. The Morgan fingerprint density at radius 1 is 1.08 bits per heavy atom. The molecule has 1 aromatic carbocycles. The van der Waals surface area contributed by atoms with Gasteiger partial charge in [0.25, 0.3) is 5.91 Å². The average Bonchev–Trinajstić information content (AvgIpc) is 3.08. The highest BCUT2D eigenvalue weighted by molar-refractivity contribution is 6.04. The molecule has 0 atom stereocenters. The number of ether oxygens (including phenoxy) is 1. The molecule has 7 heteroatoms. The standard InChI is InChI=1S/C17H16N2O5/c1-2-23-16(21)9-8-15(20)18-12-5-3-6-13(11-12)19-17(22)14-7-4-10-24-14/h3-11H,2H2,1H3,(H,18,20)(H,19,22)/b9-8+. The van der Waals surface area contributed by atoms with E-state index in [1.54, 1.807) is 43.3 Å². The summed E-state index contributed by atoms with van der Waals surface area (Å²) >= 11 is 0. The van der Waals surface area contributed by atoms with Crippen LogP contribution in [0.3, 0.4) is 0 Å². The maximum absolute atomic E-state index is 11.9. The molecular formula is C17H16N2O5. The molecule has 2 aromatic rings. The first-order chi connectivity index (χ1) is 11.6. The van der Waals surface area contributed by atoms with Crippen LogP contribution in [0, 0.1) is 0 Å². The third-order valence-electron chi connectivity index (χ3n) is 2.79. The van der Waals surface area contributed by atoms with Crippen molar-refractivity contribution in [2.45, 2.75) is 6.92 Å². The molecule has 0 aliphatic carbocycles. The lowest BCUT2D eigenvalue weighted by Gasteiger charge is -2.06. The molecule has 0 saturated carbocycles. The van der Waals surface area contributed by atoms with E-state index < -0.39 is 17.8 Å². The lowest BCUT2D eigenvalue weighted by molar-refractivity contribution is -0.137. The van der Waals surface area contributed by atoms with Crippen LogP contribution < -0.4 is 10.6 Å². The molecule has 0 aliphatic heterocycles. The van der Waals surface area contributed by atoms with Crippen molar-refractivity contribution in [3.63, 3.8) is 0 Å². The van der Waals surface area contributed by atoms with E-state index in [0.717, 1.165) is 12.2 Å². The molecule has 1 aromatic heterocycles. The second kappa shape index (κ2) is 8.33. The fraction of sp³-hybridized carbons (Fsp3) is 0.118. The number of nitrogens with one attached hydrogen (secondary N) is 2. The van der Waals surface area contributed by atoms with Gasteiger partial charge in [-0.15, -0.1) is 0 Å². The van der Waals surface area contributed by atoms with E-state index in [1.807, 2.05) is 0 Å². The van der Waals surface area contributed by atoms with Crippen molar-refractivity contribution in [1.29, 1.82) is 0 Å². The van der Waals surface area contributed by atoms with Crippen molar-refractivity contribution in [3.05, 3.63) is 60.6 Å². The van der Waals surface area contributed by atoms with Crippen molar-refractivity contribution < 1.29 is 23.5 Å². The highest BCUT2D eigenvalue weighted by Gasteiger charge is 2.09. The van der Waals surface area contributed by atoms with Crippen molar-refractivity contribution in [1.82, 2.24) is 0 Å². The van der Waals surface area contributed by atoms with Gasteiger partial charge >= 0.3 is 5.97 Å². The summed E-state index contributed by atoms with van der Waals surface area (Å²) < 4.78 is 9.68. The van der Waals surface area contributed by atoms with Crippen LogP contribution in [0.1, 0.15) is 17.5 Å². The van der Waals surface area contributed by atoms with E-state index in [1.165, 1.54) is 6.26 Å². The van der Waals surface area contributed by atoms with Gasteiger partial charge in [0, 0.05) is 23.5 Å². The second-order valence-electron chi connectivity index (χ2n) is 4.59. The number of benzene rings is 1. The van der Waals surface area contributed by atoms with E-state index in [-0.39, 0.29) is 12.4 Å². The molecule has 0 bridgehead atoms. The number of esters is 1. The van der Waals surface area contributed by atoms with Crippen molar-refractivity contribution in [2.75, 3.05) is 17.2 Å². The predicted octanol–water partition coefficient (Wildman–Crippen LogP) is 2.59. The van der Waals surface area contributed by atoms with Crippen molar-refractivity contribution >= 4 is 29.2 Å². The highest BCUT2D eigenvalue weighted by atomic mass is 16.5. The van der Waals surface area contributed by atoms with Crippen LogP contribution in [0.15, 0.2) is 59.2 Å². The Balaban J connectivity index is 1.96. The molecule has 0 unspecified atom stereocenters. The Kier molecular flexibility index (Phi) is 5.90. The molecule has 2 rings (SSSR count). The minimum atomic E-state index is -0.591. The van der Waals surface area contributed by atoms with Crippen LogP contribution >= 0.6 is 0 Å². The number of furan rings is 1. The number of carbonyl (C=O) groups is 3. The summed E-state index contributed by atoms with van der Waals surface area (Å²) in [6, 6.07) is 9.73. The summed E-state index contributed by atoms with van der Waals surface area (Å²) in [5.41, 5.74) is 0.953. The number of anilines is 2. The maximum atomic E-state index is 11.9. The zero-order valence-electron chi connectivity index (χ0n) is 12.9. The van der Waals surface area contributed by atoms with Gasteiger partial charge in [0.1, 0.15) is 0 Å². The number of carbonyl (C=O) groups excluding carboxylic acids is 3. The fourth-order valence-corrected chi connectivity index (χ4v) is 1.79. The molecule has 2 amide bonds. The van der Waals surface area contributed by atoms with Gasteiger partial charge in [-0.25, -0.2) is 4.79 Å². The Labute approximate surface area is 138 Å². The lowest BCUT2D eigenvalue weighted by atomic mass is 10.2. The summed E-state index contributed by atoms with van der Waals surface area (Å²) in [6.45, 7) is 1.91. The zero-order chi connectivity index (χ0) is 17.4. The minimum Gasteiger partial charge on any atom is -0.463 e. The molecule has 0 radical (unpaired) electrons. The molecule has 0 spiro atoms. The summed E-state index contributed by atoms with van der Waals surface area (Å²) in [5.74, 6) is -1.29. The average molecular weight is 328 g/mol. The summed E-state index contributed by atoms with van der Waals surface area (Å²) in [7, 11) is 0. The van der Waals surface area contributed by atoms with E-state index in [2.05, 4.69) is 15.4 Å². The highest BCUT2D eigenvalue weighted by Crippen LogP contribution is 2.16. The van der Waals surface area contributed by atoms with Gasteiger partial charge in [0.15, 0.2) is 5.76 Å². The normalized spacial score (nSPS) is 10.4. The first-order valence-corrected chi connectivity index (χ1v) is 7.19. The summed E-state index contributed by atoms with van der Waals surface area (Å²) in [6.07, 6.45) is 3.52. The van der Waals surface area contributed by atoms with E-state index in [0.29, 0.717) is 11.4 Å². The van der Waals surface area contributed by atoms with Gasteiger partial charge in [0.05, 0.1) is 12.9 Å². The first-order valence-electron chi connectivity index (χ1n) is 7.19. The summed E-state index contributed by atoms with van der Waals surface area (Å²) in [4.78, 5) is 34.8. The van der Waals surface area contributed by atoms with E-state index >= 15 is 0 Å². The zero-order valence-corrected chi connectivity index (χ0v) is 12.9. The number of hydrogen-bond donors (Lipinski definition) is 2. The molecule has 0 saturated heterocycles. The van der Waals surface area contributed by atoms with Crippen molar-refractivity contribution in [2.24, 2.45) is 0 Å². The predicted molar refractivity (Wildman–Crippen MR) is 87.5 cm³/mol. The number of amides is 2.